The predicted molar refractivity (Wildman–Crippen MR) is 116 cm³/mol. The highest BCUT2D eigenvalue weighted by Crippen LogP contribution is 2.44. The summed E-state index contributed by atoms with van der Waals surface area (Å²) in [7, 11) is 0. The summed E-state index contributed by atoms with van der Waals surface area (Å²) in [5.74, 6) is -2.92. The largest absolute Gasteiger partial charge is 0.508 e. The maximum absolute atomic E-state index is 12.7. The minimum absolute atomic E-state index is 0.0355. The Morgan fingerprint density at radius 2 is 1.56 bits per heavy atom. The molecule has 0 aliphatic carbocycles. The monoisotopic (exact) mass is 470 g/mol. The Bertz CT molecular complexity index is 1240. The zero-order valence-electron chi connectivity index (χ0n) is 17.6. The van der Waals surface area contributed by atoms with Crippen molar-refractivity contribution in [3.8, 4) is 40.2 Å². The average molecular weight is 470 g/mol. The molecule has 0 bridgehead atoms. The van der Waals surface area contributed by atoms with Crippen LogP contribution in [-0.4, -0.2) is 53.9 Å². The zero-order valence-corrected chi connectivity index (χ0v) is 17.6. The molecule has 0 amide bonds. The number of phenols is 6. The zero-order chi connectivity index (χ0) is 24.6. The number of phenolic OH excluding ortho intramolecular Hbond substituents is 6. The first-order valence-corrected chi connectivity index (χ1v) is 10.2. The SMILES string of the molecule is O=C(OC1Cc2c(O)cc(O)cc2OC1c1ccc(O)c(O)c1)C(O)Cc1ccc(O)c(O)c1. The molecule has 3 atom stereocenters. The summed E-state index contributed by atoms with van der Waals surface area (Å²) in [5, 5.41) is 69.0. The molecule has 3 aromatic rings. The number of carbonyl (C=O) groups is 1. The number of esters is 1. The quantitative estimate of drug-likeness (QED) is 0.216. The van der Waals surface area contributed by atoms with Gasteiger partial charge in [-0.3, -0.25) is 0 Å². The molecule has 1 aliphatic rings. The fraction of sp³-hybridized carbons (Fsp3) is 0.208. The van der Waals surface area contributed by atoms with Crippen LogP contribution in [0.5, 0.6) is 40.2 Å². The molecule has 0 fully saturated rings. The van der Waals surface area contributed by atoms with Crippen LogP contribution in [-0.2, 0) is 22.4 Å². The molecule has 10 nitrogen and oxygen atoms in total. The summed E-state index contributed by atoms with van der Waals surface area (Å²) >= 11 is 0. The van der Waals surface area contributed by atoms with Gasteiger partial charge in [0.15, 0.2) is 35.2 Å². The summed E-state index contributed by atoms with van der Waals surface area (Å²) in [4.78, 5) is 12.7. The first kappa shape index (κ1) is 22.9. The van der Waals surface area contributed by atoms with Gasteiger partial charge < -0.3 is 45.2 Å². The first-order chi connectivity index (χ1) is 16.1. The Morgan fingerprint density at radius 3 is 2.24 bits per heavy atom. The Morgan fingerprint density at radius 1 is 0.882 bits per heavy atom. The van der Waals surface area contributed by atoms with Gasteiger partial charge >= 0.3 is 5.97 Å². The number of hydrogen-bond acceptors (Lipinski definition) is 10. The van der Waals surface area contributed by atoms with Crippen molar-refractivity contribution in [2.45, 2.75) is 31.2 Å². The van der Waals surface area contributed by atoms with Gasteiger partial charge in [-0.25, -0.2) is 4.79 Å². The predicted octanol–water partition coefficient (Wildman–Crippen LogP) is 2.11. The van der Waals surface area contributed by atoms with E-state index in [1.54, 1.807) is 0 Å². The highest BCUT2D eigenvalue weighted by atomic mass is 16.6. The van der Waals surface area contributed by atoms with E-state index in [-0.39, 0.29) is 47.2 Å². The molecule has 0 radical (unpaired) electrons. The third-order valence-corrected chi connectivity index (χ3v) is 5.50. The number of hydrogen-bond donors (Lipinski definition) is 7. The van der Waals surface area contributed by atoms with E-state index in [9.17, 15) is 40.5 Å². The molecule has 34 heavy (non-hydrogen) atoms. The van der Waals surface area contributed by atoms with Crippen LogP contribution < -0.4 is 4.74 Å². The van der Waals surface area contributed by atoms with Gasteiger partial charge in [-0.1, -0.05) is 12.1 Å². The molecule has 10 heteroatoms. The summed E-state index contributed by atoms with van der Waals surface area (Å²) in [6, 6.07) is 10.2. The van der Waals surface area contributed by atoms with Gasteiger partial charge in [0.2, 0.25) is 0 Å². The van der Waals surface area contributed by atoms with E-state index in [2.05, 4.69) is 0 Å². The molecule has 178 valence electrons. The molecule has 0 spiro atoms. The molecule has 0 saturated heterocycles. The van der Waals surface area contributed by atoms with Crippen molar-refractivity contribution in [3.05, 3.63) is 65.2 Å². The Balaban J connectivity index is 1.60. The summed E-state index contributed by atoms with van der Waals surface area (Å²) in [5.41, 5.74) is 0.977. The molecule has 1 aliphatic heterocycles. The maximum atomic E-state index is 12.7. The summed E-state index contributed by atoms with van der Waals surface area (Å²) in [6.45, 7) is 0. The minimum Gasteiger partial charge on any atom is -0.508 e. The Hall–Kier alpha value is -4.31. The summed E-state index contributed by atoms with van der Waals surface area (Å²) in [6.07, 6.45) is -3.92. The van der Waals surface area contributed by atoms with Crippen molar-refractivity contribution in [1.82, 2.24) is 0 Å². The van der Waals surface area contributed by atoms with E-state index in [1.807, 2.05) is 0 Å². The van der Waals surface area contributed by atoms with E-state index in [1.165, 1.54) is 42.5 Å². The van der Waals surface area contributed by atoms with Gasteiger partial charge in [0.25, 0.3) is 0 Å². The lowest BCUT2D eigenvalue weighted by Crippen LogP contribution is -2.38. The Kier molecular flexibility index (Phi) is 5.99. The van der Waals surface area contributed by atoms with Crippen LogP contribution in [0.25, 0.3) is 0 Å². The molecule has 3 unspecified atom stereocenters. The van der Waals surface area contributed by atoms with Gasteiger partial charge in [-0.05, 0) is 29.8 Å². The standard InChI is InChI=1S/C24H22O10/c25-13-8-17(28)14-10-22(23(33-21(14)9-13)12-2-4-16(27)19(30)7-12)34-24(32)20(31)6-11-1-3-15(26)18(29)5-11/h1-5,7-9,20,22-23,25-31H,6,10H2. The maximum Gasteiger partial charge on any atom is 0.335 e. The van der Waals surface area contributed by atoms with Crippen molar-refractivity contribution in [1.29, 1.82) is 0 Å². The van der Waals surface area contributed by atoms with E-state index < -0.39 is 35.8 Å². The minimum atomic E-state index is -1.62. The van der Waals surface area contributed by atoms with Crippen molar-refractivity contribution < 1.29 is 50.0 Å². The number of rotatable bonds is 5. The normalized spacial score (nSPS) is 17.9. The van der Waals surface area contributed by atoms with Gasteiger partial charge in [0.05, 0.1) is 0 Å². The first-order valence-electron chi connectivity index (χ1n) is 10.2. The van der Waals surface area contributed by atoms with Gasteiger partial charge in [-0.15, -0.1) is 0 Å². The van der Waals surface area contributed by atoms with E-state index in [0.29, 0.717) is 11.1 Å². The van der Waals surface area contributed by atoms with Crippen LogP contribution >= 0.6 is 0 Å². The third kappa shape index (κ3) is 4.57. The van der Waals surface area contributed by atoms with Crippen LogP contribution in [0.2, 0.25) is 0 Å². The molecule has 1 heterocycles. The van der Waals surface area contributed by atoms with Crippen molar-refractivity contribution in [2.24, 2.45) is 0 Å². The lowest BCUT2D eigenvalue weighted by atomic mass is 9.93. The van der Waals surface area contributed by atoms with Crippen molar-refractivity contribution in [2.75, 3.05) is 0 Å². The molecule has 4 rings (SSSR count). The van der Waals surface area contributed by atoms with Gasteiger partial charge in [0.1, 0.15) is 23.4 Å². The average Bonchev–Trinajstić information content (AvgIpc) is 2.78. The van der Waals surface area contributed by atoms with Crippen LogP contribution in [0, 0.1) is 0 Å². The number of ether oxygens (including phenoxy) is 2. The number of fused-ring (bicyclic) bond motifs is 1. The highest BCUT2D eigenvalue weighted by molar-refractivity contribution is 5.75. The van der Waals surface area contributed by atoms with Crippen LogP contribution in [0.3, 0.4) is 0 Å². The lowest BCUT2D eigenvalue weighted by molar-refractivity contribution is -0.165. The smallest absolute Gasteiger partial charge is 0.335 e. The number of aliphatic hydroxyl groups excluding tert-OH is 1. The molecule has 3 aromatic carbocycles. The van der Waals surface area contributed by atoms with Crippen LogP contribution in [0.15, 0.2) is 48.5 Å². The molecular weight excluding hydrogens is 448 g/mol. The second-order valence-corrected chi connectivity index (χ2v) is 7.95. The van der Waals surface area contributed by atoms with Crippen LogP contribution in [0.4, 0.5) is 0 Å². The fourth-order valence-electron chi connectivity index (χ4n) is 3.78. The van der Waals surface area contributed by atoms with Crippen molar-refractivity contribution in [3.63, 3.8) is 0 Å². The number of benzene rings is 3. The van der Waals surface area contributed by atoms with Crippen LogP contribution in [0.1, 0.15) is 22.8 Å². The molecule has 7 N–H and O–H groups in total. The second-order valence-electron chi connectivity index (χ2n) is 7.95. The van der Waals surface area contributed by atoms with Gasteiger partial charge in [0, 0.05) is 36.1 Å². The van der Waals surface area contributed by atoms with E-state index in [0.717, 1.165) is 6.07 Å². The van der Waals surface area contributed by atoms with Gasteiger partial charge in [-0.2, -0.15) is 0 Å². The van der Waals surface area contributed by atoms with Crippen molar-refractivity contribution >= 4 is 5.97 Å². The molecule has 0 aromatic heterocycles. The fourth-order valence-corrected chi connectivity index (χ4v) is 3.78. The lowest BCUT2D eigenvalue weighted by Gasteiger charge is -2.34. The van der Waals surface area contributed by atoms with E-state index >= 15 is 0 Å². The third-order valence-electron chi connectivity index (χ3n) is 5.50. The molecule has 0 saturated carbocycles. The molecular formula is C24H22O10. The number of aromatic hydroxyl groups is 6. The summed E-state index contributed by atoms with van der Waals surface area (Å²) < 4.78 is 11.4. The van der Waals surface area contributed by atoms with E-state index in [4.69, 9.17) is 9.47 Å². The highest BCUT2D eigenvalue weighted by Gasteiger charge is 2.37. The Labute approximate surface area is 193 Å². The second kappa shape index (κ2) is 8.91. The topological polar surface area (TPSA) is 177 Å². The number of aliphatic hydroxyl groups is 1. The number of carbonyl (C=O) groups excluding carboxylic acids is 1.